The molecular weight excluding hydrogens is 177 g/mol. The van der Waals surface area contributed by atoms with Gasteiger partial charge in [0, 0.05) is 0 Å². The molecule has 0 heterocycles. The first kappa shape index (κ1) is 9.47. The van der Waals surface area contributed by atoms with E-state index in [1.807, 2.05) is 0 Å². The van der Waals surface area contributed by atoms with E-state index in [0.29, 0.717) is 0 Å². The molecule has 4 nitrogen and oxygen atoms in total. The van der Waals surface area contributed by atoms with Crippen molar-refractivity contribution in [2.24, 2.45) is 5.90 Å². The second kappa shape index (κ2) is 3.86. The van der Waals surface area contributed by atoms with Crippen LogP contribution in [-0.4, -0.2) is 13.1 Å². The van der Waals surface area contributed by atoms with Gasteiger partial charge in [0.2, 0.25) is 0 Å². The molecule has 0 saturated heterocycles. The van der Waals surface area contributed by atoms with Crippen LogP contribution in [0.15, 0.2) is 18.2 Å². The van der Waals surface area contributed by atoms with Crippen molar-refractivity contribution in [1.29, 1.82) is 0 Å². The van der Waals surface area contributed by atoms with Gasteiger partial charge in [-0.3, -0.25) is 0 Å². The molecule has 0 fully saturated rings. The average Bonchev–Trinajstić information content (AvgIpc) is 2.16. The van der Waals surface area contributed by atoms with Gasteiger partial charge >= 0.3 is 5.97 Å². The first-order chi connectivity index (χ1) is 6.19. The fourth-order valence-electron chi connectivity index (χ4n) is 0.841. The molecule has 1 aromatic rings. The molecule has 0 aliphatic carbocycles. The molecule has 0 saturated carbocycles. The number of ether oxygens (including phenoxy) is 1. The average molecular weight is 185 g/mol. The number of nitrogens with two attached hydrogens (primary N) is 1. The summed E-state index contributed by atoms with van der Waals surface area (Å²) in [6, 6.07) is 3.60. The molecule has 5 heteroatoms. The summed E-state index contributed by atoms with van der Waals surface area (Å²) in [6.07, 6.45) is 0. The third-order valence-corrected chi connectivity index (χ3v) is 1.48. The van der Waals surface area contributed by atoms with E-state index in [-0.39, 0.29) is 11.3 Å². The Labute approximate surface area is 74.0 Å². The Balaban J connectivity index is 3.02. The van der Waals surface area contributed by atoms with Crippen molar-refractivity contribution in [3.8, 4) is 5.75 Å². The number of esters is 1. The van der Waals surface area contributed by atoms with Gasteiger partial charge in [-0.25, -0.2) is 9.18 Å². The lowest BCUT2D eigenvalue weighted by Crippen LogP contribution is -2.06. The fraction of sp³-hybridized carbons (Fsp3) is 0.125. The number of methoxy groups -OCH3 is 1. The topological polar surface area (TPSA) is 61.5 Å². The summed E-state index contributed by atoms with van der Waals surface area (Å²) in [5, 5.41) is 0. The van der Waals surface area contributed by atoms with Crippen LogP contribution in [0, 0.1) is 5.82 Å². The summed E-state index contributed by atoms with van der Waals surface area (Å²) in [5.74, 6) is 3.32. The number of hydrogen-bond donors (Lipinski definition) is 1. The van der Waals surface area contributed by atoms with Crippen LogP contribution in [0.2, 0.25) is 0 Å². The summed E-state index contributed by atoms with van der Waals surface area (Å²) in [5.41, 5.74) is 0.112. The Hall–Kier alpha value is -1.62. The van der Waals surface area contributed by atoms with Gasteiger partial charge in [-0.05, 0) is 18.2 Å². The summed E-state index contributed by atoms with van der Waals surface area (Å²) in [6.45, 7) is 0. The molecule has 70 valence electrons. The van der Waals surface area contributed by atoms with Gasteiger partial charge in [0.05, 0.1) is 12.7 Å². The molecule has 0 aromatic heterocycles. The zero-order chi connectivity index (χ0) is 9.84. The van der Waals surface area contributed by atoms with Crippen LogP contribution in [0.5, 0.6) is 5.75 Å². The highest BCUT2D eigenvalue weighted by Crippen LogP contribution is 2.17. The molecule has 0 radical (unpaired) electrons. The Morgan fingerprint density at radius 3 is 2.69 bits per heavy atom. The molecule has 0 spiro atoms. The quantitative estimate of drug-likeness (QED) is 0.548. The molecule has 0 aliphatic rings. The van der Waals surface area contributed by atoms with Crippen molar-refractivity contribution in [2.75, 3.05) is 7.11 Å². The van der Waals surface area contributed by atoms with Gasteiger partial charge < -0.3 is 9.57 Å². The van der Waals surface area contributed by atoms with E-state index in [9.17, 15) is 9.18 Å². The lowest BCUT2D eigenvalue weighted by molar-refractivity contribution is 0.0600. The van der Waals surface area contributed by atoms with Crippen molar-refractivity contribution >= 4 is 5.97 Å². The molecule has 0 atom stereocenters. The zero-order valence-electron chi connectivity index (χ0n) is 6.91. The SMILES string of the molecule is COC(=O)c1ccc(ON)c(F)c1. The molecule has 0 unspecified atom stereocenters. The second-order valence-electron chi connectivity index (χ2n) is 2.25. The second-order valence-corrected chi connectivity index (χ2v) is 2.25. The van der Waals surface area contributed by atoms with E-state index in [1.54, 1.807) is 0 Å². The molecule has 0 bridgehead atoms. The molecule has 0 aliphatic heterocycles. The van der Waals surface area contributed by atoms with Crippen molar-refractivity contribution in [3.05, 3.63) is 29.6 Å². The molecule has 2 N–H and O–H groups in total. The number of hydrogen-bond acceptors (Lipinski definition) is 4. The van der Waals surface area contributed by atoms with Crippen LogP contribution in [0.25, 0.3) is 0 Å². The third kappa shape index (κ3) is 1.94. The minimum Gasteiger partial charge on any atom is -0.465 e. The maximum Gasteiger partial charge on any atom is 0.337 e. The van der Waals surface area contributed by atoms with Crippen molar-refractivity contribution in [3.63, 3.8) is 0 Å². The van der Waals surface area contributed by atoms with Gasteiger partial charge in [-0.1, -0.05) is 0 Å². The largest absolute Gasteiger partial charge is 0.465 e. The van der Waals surface area contributed by atoms with Crippen LogP contribution in [-0.2, 0) is 4.74 Å². The van der Waals surface area contributed by atoms with Crippen molar-refractivity contribution in [2.45, 2.75) is 0 Å². The Bertz CT molecular complexity index is 327. The van der Waals surface area contributed by atoms with E-state index in [1.165, 1.54) is 19.2 Å². The molecular formula is C8H8FNO3. The lowest BCUT2D eigenvalue weighted by Gasteiger charge is -2.02. The summed E-state index contributed by atoms with van der Waals surface area (Å²) < 4.78 is 17.3. The van der Waals surface area contributed by atoms with Crippen LogP contribution in [0.1, 0.15) is 10.4 Å². The van der Waals surface area contributed by atoms with Crippen molar-refractivity contribution in [1.82, 2.24) is 0 Å². The third-order valence-electron chi connectivity index (χ3n) is 1.48. The highest BCUT2D eigenvalue weighted by Gasteiger charge is 2.09. The number of halogens is 1. The predicted octanol–water partition coefficient (Wildman–Crippen LogP) is 0.865. The van der Waals surface area contributed by atoms with Gasteiger partial charge in [0.1, 0.15) is 0 Å². The van der Waals surface area contributed by atoms with Crippen molar-refractivity contribution < 1.29 is 18.8 Å². The summed E-state index contributed by atoms with van der Waals surface area (Å²) in [4.78, 5) is 15.1. The van der Waals surface area contributed by atoms with Gasteiger partial charge in [-0.15, -0.1) is 0 Å². The Kier molecular flexibility index (Phi) is 2.81. The van der Waals surface area contributed by atoms with Gasteiger partial charge in [0.25, 0.3) is 0 Å². The highest BCUT2D eigenvalue weighted by molar-refractivity contribution is 5.89. The van der Waals surface area contributed by atoms with Crippen LogP contribution in [0.3, 0.4) is 0 Å². The lowest BCUT2D eigenvalue weighted by atomic mass is 10.2. The molecule has 13 heavy (non-hydrogen) atoms. The maximum atomic E-state index is 12.9. The monoisotopic (exact) mass is 185 g/mol. The predicted molar refractivity (Wildman–Crippen MR) is 42.6 cm³/mol. The Morgan fingerprint density at radius 1 is 1.54 bits per heavy atom. The first-order valence-electron chi connectivity index (χ1n) is 3.43. The molecule has 1 rings (SSSR count). The number of rotatable bonds is 2. The van der Waals surface area contributed by atoms with E-state index >= 15 is 0 Å². The Morgan fingerprint density at radius 2 is 2.23 bits per heavy atom. The van der Waals surface area contributed by atoms with Crippen LogP contribution < -0.4 is 10.7 Å². The summed E-state index contributed by atoms with van der Waals surface area (Å²) >= 11 is 0. The number of carbonyl (C=O) groups excluding carboxylic acids is 1. The van der Waals surface area contributed by atoms with E-state index in [4.69, 9.17) is 5.90 Å². The standard InChI is InChI=1S/C8H8FNO3/c1-12-8(11)5-2-3-7(13-10)6(9)4-5/h2-4H,10H2,1H3. The van der Waals surface area contributed by atoms with Gasteiger partial charge in [0.15, 0.2) is 11.6 Å². The summed E-state index contributed by atoms with van der Waals surface area (Å²) in [7, 11) is 1.22. The van der Waals surface area contributed by atoms with Crippen LogP contribution in [0.4, 0.5) is 4.39 Å². The minimum atomic E-state index is -0.703. The van der Waals surface area contributed by atoms with E-state index in [2.05, 4.69) is 9.57 Å². The van der Waals surface area contributed by atoms with Crippen LogP contribution >= 0.6 is 0 Å². The van der Waals surface area contributed by atoms with E-state index in [0.717, 1.165) is 6.07 Å². The minimum absolute atomic E-state index is 0.112. The number of benzene rings is 1. The molecule has 0 amide bonds. The van der Waals surface area contributed by atoms with E-state index < -0.39 is 11.8 Å². The smallest absolute Gasteiger partial charge is 0.337 e. The number of carbonyl (C=O) groups is 1. The normalized spacial score (nSPS) is 9.46. The fourth-order valence-corrected chi connectivity index (χ4v) is 0.841. The maximum absolute atomic E-state index is 12.9. The highest BCUT2D eigenvalue weighted by atomic mass is 19.1. The first-order valence-corrected chi connectivity index (χ1v) is 3.43. The zero-order valence-corrected chi connectivity index (χ0v) is 6.91. The molecule has 1 aromatic carbocycles. The van der Waals surface area contributed by atoms with Gasteiger partial charge in [-0.2, -0.15) is 5.90 Å².